The van der Waals surface area contributed by atoms with Gasteiger partial charge >= 0.3 is 0 Å². The fourth-order valence-electron chi connectivity index (χ4n) is 2.18. The molecular weight excluding hydrogens is 314 g/mol. The molecule has 2 N–H and O–H groups in total. The van der Waals surface area contributed by atoms with E-state index in [-0.39, 0.29) is 0 Å². The van der Waals surface area contributed by atoms with Gasteiger partial charge in [-0.3, -0.25) is 0 Å². The van der Waals surface area contributed by atoms with E-state index >= 15 is 0 Å². The summed E-state index contributed by atoms with van der Waals surface area (Å²) < 4.78 is 6.97. The zero-order chi connectivity index (χ0) is 13.9. The van der Waals surface area contributed by atoms with Gasteiger partial charge in [0.25, 0.3) is 0 Å². The van der Waals surface area contributed by atoms with Crippen molar-refractivity contribution in [2.75, 3.05) is 0 Å². The first-order valence-electron chi connectivity index (χ1n) is 6.42. The van der Waals surface area contributed by atoms with Crippen molar-refractivity contribution in [1.29, 1.82) is 0 Å². The lowest BCUT2D eigenvalue weighted by atomic mass is 10.1. The lowest BCUT2D eigenvalue weighted by Crippen LogP contribution is -1.99. The number of halogens is 1. The first-order chi connectivity index (χ1) is 9.79. The lowest BCUT2D eigenvalue weighted by molar-refractivity contribution is 0.474. The third kappa shape index (κ3) is 2.42. The zero-order valence-corrected chi connectivity index (χ0v) is 12.4. The summed E-state index contributed by atoms with van der Waals surface area (Å²) in [6.45, 7) is 0.460. The lowest BCUT2D eigenvalue weighted by Gasteiger charge is -2.12. The van der Waals surface area contributed by atoms with E-state index in [1.54, 1.807) is 0 Å². The summed E-state index contributed by atoms with van der Waals surface area (Å²) in [5, 5.41) is 2.31. The second-order valence-corrected chi connectivity index (χ2v) is 5.31. The van der Waals surface area contributed by atoms with E-state index < -0.39 is 0 Å². The normalized spacial score (nSPS) is 10.7. The molecule has 0 aliphatic rings. The molecule has 3 rings (SSSR count). The molecule has 0 heterocycles. The summed E-state index contributed by atoms with van der Waals surface area (Å²) in [6.07, 6.45) is 0. The van der Waals surface area contributed by atoms with E-state index in [0.29, 0.717) is 6.54 Å². The summed E-state index contributed by atoms with van der Waals surface area (Å²) in [7, 11) is 0. The van der Waals surface area contributed by atoms with E-state index in [1.165, 1.54) is 5.39 Å². The molecule has 0 aliphatic carbocycles. The second-order valence-electron chi connectivity index (χ2n) is 4.51. The number of ether oxygens (including phenoxy) is 1. The molecule has 3 heteroatoms. The molecule has 0 aromatic heterocycles. The minimum Gasteiger partial charge on any atom is -0.456 e. The van der Waals surface area contributed by atoms with Crippen LogP contribution in [0.1, 0.15) is 5.56 Å². The number of hydrogen-bond donors (Lipinski definition) is 1. The Morgan fingerprint density at radius 1 is 0.850 bits per heavy atom. The Morgan fingerprint density at radius 3 is 2.45 bits per heavy atom. The monoisotopic (exact) mass is 327 g/mol. The molecule has 3 aromatic carbocycles. The standard InChI is InChI=1S/C17H14BrNO/c18-17-14-7-3-1-5-12(14)9-10-16(17)20-15-8-4-2-6-13(15)11-19/h1-10H,11,19H2. The third-order valence-electron chi connectivity index (χ3n) is 3.24. The number of rotatable bonds is 3. The van der Waals surface area contributed by atoms with Crippen LogP contribution in [0.25, 0.3) is 10.8 Å². The van der Waals surface area contributed by atoms with Crippen molar-refractivity contribution in [1.82, 2.24) is 0 Å². The van der Waals surface area contributed by atoms with E-state index in [2.05, 4.69) is 34.1 Å². The van der Waals surface area contributed by atoms with Crippen molar-refractivity contribution in [2.24, 2.45) is 5.73 Å². The average molecular weight is 328 g/mol. The number of fused-ring (bicyclic) bond motifs is 1. The fourth-order valence-corrected chi connectivity index (χ4v) is 2.76. The molecule has 2 nitrogen and oxygen atoms in total. The Balaban J connectivity index is 2.05. The highest BCUT2D eigenvalue weighted by Gasteiger charge is 2.08. The third-order valence-corrected chi connectivity index (χ3v) is 4.06. The second kappa shape index (κ2) is 5.65. The SMILES string of the molecule is NCc1ccccc1Oc1ccc2ccccc2c1Br. The summed E-state index contributed by atoms with van der Waals surface area (Å²) in [6, 6.07) is 20.0. The number of hydrogen-bond acceptors (Lipinski definition) is 2. The van der Waals surface area contributed by atoms with Gasteiger partial charge in [-0.25, -0.2) is 0 Å². The molecular formula is C17H14BrNO. The Labute approximate surface area is 126 Å². The highest BCUT2D eigenvalue weighted by molar-refractivity contribution is 9.10. The van der Waals surface area contributed by atoms with Gasteiger partial charge in [0.05, 0.1) is 4.47 Å². The van der Waals surface area contributed by atoms with E-state index in [9.17, 15) is 0 Å². The Morgan fingerprint density at radius 2 is 1.60 bits per heavy atom. The van der Waals surface area contributed by atoms with Crippen molar-refractivity contribution in [3.05, 3.63) is 70.7 Å². The predicted molar refractivity (Wildman–Crippen MR) is 86.1 cm³/mol. The van der Waals surface area contributed by atoms with Crippen LogP contribution in [0.3, 0.4) is 0 Å². The number of nitrogens with two attached hydrogens (primary N) is 1. The molecule has 0 aliphatic heterocycles. The van der Waals surface area contributed by atoms with Crippen molar-refractivity contribution < 1.29 is 4.74 Å². The van der Waals surface area contributed by atoms with Gasteiger partial charge in [-0.2, -0.15) is 0 Å². The number of para-hydroxylation sites is 1. The van der Waals surface area contributed by atoms with Gasteiger partial charge in [0.1, 0.15) is 11.5 Å². The quantitative estimate of drug-likeness (QED) is 0.746. The van der Waals surface area contributed by atoms with Gasteiger partial charge in [-0.1, -0.05) is 48.5 Å². The van der Waals surface area contributed by atoms with Gasteiger partial charge in [-0.05, 0) is 38.8 Å². The van der Waals surface area contributed by atoms with Gasteiger partial charge in [0.15, 0.2) is 0 Å². The van der Waals surface area contributed by atoms with Gasteiger partial charge in [0.2, 0.25) is 0 Å². The molecule has 20 heavy (non-hydrogen) atoms. The van der Waals surface area contributed by atoms with E-state index in [4.69, 9.17) is 10.5 Å². The maximum Gasteiger partial charge on any atom is 0.142 e. The summed E-state index contributed by atoms with van der Waals surface area (Å²) in [4.78, 5) is 0. The largest absolute Gasteiger partial charge is 0.456 e. The fraction of sp³-hybridized carbons (Fsp3) is 0.0588. The van der Waals surface area contributed by atoms with Crippen LogP contribution in [-0.2, 0) is 6.54 Å². The maximum atomic E-state index is 6.01. The molecule has 0 saturated carbocycles. The maximum absolute atomic E-state index is 6.01. The van der Waals surface area contributed by atoms with Crippen LogP contribution < -0.4 is 10.5 Å². The van der Waals surface area contributed by atoms with Crippen molar-refractivity contribution in [3.8, 4) is 11.5 Å². The summed E-state index contributed by atoms with van der Waals surface area (Å²) >= 11 is 3.63. The minimum absolute atomic E-state index is 0.460. The van der Waals surface area contributed by atoms with Gasteiger partial charge in [0, 0.05) is 12.1 Å². The van der Waals surface area contributed by atoms with Crippen molar-refractivity contribution >= 4 is 26.7 Å². The Kier molecular flexibility index (Phi) is 3.72. The molecule has 0 saturated heterocycles. The summed E-state index contributed by atoms with van der Waals surface area (Å²) in [5.74, 6) is 1.59. The molecule has 0 atom stereocenters. The highest BCUT2D eigenvalue weighted by atomic mass is 79.9. The summed E-state index contributed by atoms with van der Waals surface area (Å²) in [5.41, 5.74) is 6.73. The highest BCUT2D eigenvalue weighted by Crippen LogP contribution is 2.36. The first-order valence-corrected chi connectivity index (χ1v) is 7.22. The van der Waals surface area contributed by atoms with Crippen LogP contribution in [0.5, 0.6) is 11.5 Å². The Bertz CT molecular complexity index is 755. The number of benzene rings is 3. The smallest absolute Gasteiger partial charge is 0.142 e. The molecule has 3 aromatic rings. The molecule has 0 radical (unpaired) electrons. The van der Waals surface area contributed by atoms with Crippen LogP contribution in [0.4, 0.5) is 0 Å². The van der Waals surface area contributed by atoms with Crippen molar-refractivity contribution in [2.45, 2.75) is 6.54 Å². The Hall–Kier alpha value is -1.84. The average Bonchev–Trinajstić information content (AvgIpc) is 2.51. The van der Waals surface area contributed by atoms with Crippen molar-refractivity contribution in [3.63, 3.8) is 0 Å². The van der Waals surface area contributed by atoms with Crippen LogP contribution in [0.15, 0.2) is 65.1 Å². The molecule has 0 bridgehead atoms. The van der Waals surface area contributed by atoms with Crippen LogP contribution >= 0.6 is 15.9 Å². The molecule has 100 valence electrons. The molecule has 0 fully saturated rings. The van der Waals surface area contributed by atoms with Gasteiger partial charge < -0.3 is 10.5 Å². The van der Waals surface area contributed by atoms with Gasteiger partial charge in [-0.15, -0.1) is 0 Å². The van der Waals surface area contributed by atoms with E-state index in [1.807, 2.05) is 42.5 Å². The minimum atomic E-state index is 0.460. The van der Waals surface area contributed by atoms with E-state index in [0.717, 1.165) is 26.9 Å². The van der Waals surface area contributed by atoms with Crippen LogP contribution in [-0.4, -0.2) is 0 Å². The topological polar surface area (TPSA) is 35.2 Å². The first kappa shape index (κ1) is 13.2. The predicted octanol–water partition coefficient (Wildman–Crippen LogP) is 4.85. The molecule has 0 amide bonds. The molecule has 0 spiro atoms. The van der Waals surface area contributed by atoms with Crippen LogP contribution in [0, 0.1) is 0 Å². The zero-order valence-electron chi connectivity index (χ0n) is 10.8. The molecule has 0 unspecified atom stereocenters. The van der Waals surface area contributed by atoms with Crippen LogP contribution in [0.2, 0.25) is 0 Å².